The van der Waals surface area contributed by atoms with Crippen molar-refractivity contribution in [3.63, 3.8) is 0 Å². The van der Waals surface area contributed by atoms with E-state index in [0.29, 0.717) is 11.6 Å². The van der Waals surface area contributed by atoms with Crippen LogP contribution in [0.15, 0.2) is 30.3 Å². The highest BCUT2D eigenvalue weighted by Crippen LogP contribution is 2.33. The third-order valence-corrected chi connectivity index (χ3v) is 4.11. The van der Waals surface area contributed by atoms with Crippen molar-refractivity contribution >= 4 is 5.97 Å². The van der Waals surface area contributed by atoms with Crippen molar-refractivity contribution in [2.24, 2.45) is 0 Å². The third kappa shape index (κ3) is 1.86. The van der Waals surface area contributed by atoms with E-state index in [1.807, 2.05) is 13.8 Å². The normalized spacial score (nSPS) is 14.6. The van der Waals surface area contributed by atoms with E-state index in [-0.39, 0.29) is 0 Å². The summed E-state index contributed by atoms with van der Waals surface area (Å²) >= 11 is 0. The Morgan fingerprint density at radius 2 is 1.79 bits per heavy atom. The Balaban J connectivity index is 2.00. The minimum absolute atomic E-state index is 0.352. The maximum Gasteiger partial charge on any atom is 0.337 e. The molecule has 3 nitrogen and oxygen atoms in total. The fourth-order valence-electron chi connectivity index (χ4n) is 3.27. The van der Waals surface area contributed by atoms with Gasteiger partial charge in [-0.2, -0.15) is 0 Å². The van der Waals surface area contributed by atoms with Crippen LogP contribution in [0.3, 0.4) is 0 Å². The molecule has 1 heterocycles. The minimum atomic E-state index is -0.838. The molecule has 0 fully saturated rings. The lowest BCUT2D eigenvalue weighted by molar-refractivity contribution is 0.0696. The maximum atomic E-state index is 11.2. The first-order valence-corrected chi connectivity index (χ1v) is 6.56. The van der Waals surface area contributed by atoms with E-state index in [9.17, 15) is 9.90 Å². The van der Waals surface area contributed by atoms with Gasteiger partial charge in [0.25, 0.3) is 0 Å². The van der Waals surface area contributed by atoms with Crippen LogP contribution in [0.5, 0.6) is 0 Å². The van der Waals surface area contributed by atoms with Gasteiger partial charge in [-0.1, -0.05) is 24.3 Å². The van der Waals surface area contributed by atoms with Gasteiger partial charge in [-0.3, -0.25) is 0 Å². The van der Waals surface area contributed by atoms with Crippen molar-refractivity contribution in [3.8, 4) is 0 Å². The van der Waals surface area contributed by atoms with Crippen molar-refractivity contribution in [1.29, 1.82) is 0 Å². The van der Waals surface area contributed by atoms with E-state index in [2.05, 4.69) is 28.8 Å². The number of aromatic nitrogens is 1. The lowest BCUT2D eigenvalue weighted by Crippen LogP contribution is -2.13. The molecule has 2 aromatic rings. The maximum absolute atomic E-state index is 11.2. The predicted octanol–water partition coefficient (Wildman–Crippen LogP) is 3.14. The van der Waals surface area contributed by atoms with Crippen molar-refractivity contribution in [3.05, 3.63) is 58.4 Å². The van der Waals surface area contributed by atoms with Crippen molar-refractivity contribution < 1.29 is 9.90 Å². The van der Waals surface area contributed by atoms with Gasteiger partial charge < -0.3 is 9.67 Å². The Morgan fingerprint density at radius 3 is 2.26 bits per heavy atom. The van der Waals surface area contributed by atoms with Gasteiger partial charge in [-0.05, 0) is 43.9 Å². The van der Waals surface area contributed by atoms with Gasteiger partial charge in [0.1, 0.15) is 0 Å². The Kier molecular flexibility index (Phi) is 2.70. The summed E-state index contributed by atoms with van der Waals surface area (Å²) < 4.78 is 2.18. The van der Waals surface area contributed by atoms with Crippen LogP contribution in [0.2, 0.25) is 0 Å². The van der Waals surface area contributed by atoms with E-state index in [1.165, 1.54) is 11.1 Å². The van der Waals surface area contributed by atoms with Gasteiger partial charge in [0.2, 0.25) is 0 Å². The molecule has 1 aromatic heterocycles. The summed E-state index contributed by atoms with van der Waals surface area (Å²) in [5.74, 6) is -0.838. The topological polar surface area (TPSA) is 42.2 Å². The van der Waals surface area contributed by atoms with Crippen LogP contribution in [0, 0.1) is 13.8 Å². The van der Waals surface area contributed by atoms with Gasteiger partial charge >= 0.3 is 5.97 Å². The molecule has 1 N–H and O–H groups in total. The number of rotatable bonds is 2. The van der Waals surface area contributed by atoms with Gasteiger partial charge in [-0.25, -0.2) is 4.79 Å². The number of aryl methyl sites for hydroxylation is 1. The number of nitrogens with zero attached hydrogens (tertiary/aromatic N) is 1. The second-order valence-electron chi connectivity index (χ2n) is 5.29. The highest BCUT2D eigenvalue weighted by atomic mass is 16.4. The molecule has 0 bridgehead atoms. The Labute approximate surface area is 112 Å². The van der Waals surface area contributed by atoms with Crippen molar-refractivity contribution in [2.75, 3.05) is 0 Å². The molecule has 0 saturated carbocycles. The number of fused-ring (bicyclic) bond motifs is 1. The van der Waals surface area contributed by atoms with Crippen LogP contribution in [0.25, 0.3) is 0 Å². The molecule has 0 amide bonds. The molecule has 0 unspecified atom stereocenters. The number of carbonyl (C=O) groups is 1. The van der Waals surface area contributed by atoms with E-state index < -0.39 is 5.97 Å². The summed E-state index contributed by atoms with van der Waals surface area (Å²) in [5.41, 5.74) is 5.10. The van der Waals surface area contributed by atoms with Crippen LogP contribution < -0.4 is 0 Å². The molecule has 0 radical (unpaired) electrons. The number of hydrogen-bond acceptors (Lipinski definition) is 1. The molecule has 3 rings (SSSR count). The molecule has 0 atom stereocenters. The third-order valence-electron chi connectivity index (χ3n) is 4.11. The zero-order valence-electron chi connectivity index (χ0n) is 11.2. The highest BCUT2D eigenvalue weighted by molar-refractivity contribution is 5.89. The molecule has 1 aliphatic carbocycles. The number of carboxylic acid groups (broad SMARTS) is 1. The van der Waals surface area contributed by atoms with E-state index in [0.717, 1.165) is 24.2 Å². The standard InChI is InChI=1S/C16H17NO2/c1-10-7-15(16(18)19)11(2)17(10)14-8-12-5-3-4-6-13(12)9-14/h3-7,14H,8-9H2,1-2H3,(H,18,19). The monoisotopic (exact) mass is 255 g/mol. The Hall–Kier alpha value is -2.03. The number of carboxylic acids is 1. The molecule has 19 heavy (non-hydrogen) atoms. The SMILES string of the molecule is Cc1cc(C(=O)O)c(C)n1C1Cc2ccccc2C1. The molecule has 0 spiro atoms. The van der Waals surface area contributed by atoms with Gasteiger partial charge in [0.15, 0.2) is 0 Å². The molecule has 1 aromatic carbocycles. The summed E-state index contributed by atoms with van der Waals surface area (Å²) in [6.07, 6.45) is 1.98. The van der Waals surface area contributed by atoms with Crippen molar-refractivity contribution in [1.82, 2.24) is 4.57 Å². The molecule has 3 heteroatoms. The molecular formula is C16H17NO2. The molecule has 0 aliphatic heterocycles. The molecule has 0 saturated heterocycles. The van der Waals surface area contributed by atoms with Crippen molar-refractivity contribution in [2.45, 2.75) is 32.7 Å². The van der Waals surface area contributed by atoms with Gasteiger partial charge in [-0.15, -0.1) is 0 Å². The first kappa shape index (κ1) is 12.0. The summed E-state index contributed by atoms with van der Waals surface area (Å²) in [6.45, 7) is 3.89. The smallest absolute Gasteiger partial charge is 0.337 e. The zero-order chi connectivity index (χ0) is 13.6. The summed E-state index contributed by atoms with van der Waals surface area (Å²) in [5, 5.41) is 9.21. The number of benzene rings is 1. The summed E-state index contributed by atoms with van der Waals surface area (Å²) in [4.78, 5) is 11.2. The second kappa shape index (κ2) is 4.26. The number of aromatic carboxylic acids is 1. The summed E-state index contributed by atoms with van der Waals surface area (Å²) in [7, 11) is 0. The minimum Gasteiger partial charge on any atom is -0.478 e. The Morgan fingerprint density at radius 1 is 1.21 bits per heavy atom. The lowest BCUT2D eigenvalue weighted by atomic mass is 10.1. The molecule has 1 aliphatic rings. The average molecular weight is 255 g/mol. The zero-order valence-corrected chi connectivity index (χ0v) is 11.2. The first-order valence-electron chi connectivity index (χ1n) is 6.56. The van der Waals surface area contributed by atoms with Crippen LogP contribution in [-0.2, 0) is 12.8 Å². The van der Waals surface area contributed by atoms with E-state index in [4.69, 9.17) is 0 Å². The Bertz CT molecular complexity index is 630. The quantitative estimate of drug-likeness (QED) is 0.895. The lowest BCUT2D eigenvalue weighted by Gasteiger charge is -2.17. The van der Waals surface area contributed by atoms with Crippen LogP contribution in [-0.4, -0.2) is 15.6 Å². The van der Waals surface area contributed by atoms with Crippen LogP contribution >= 0.6 is 0 Å². The first-order chi connectivity index (χ1) is 9.08. The van der Waals surface area contributed by atoms with Gasteiger partial charge in [0.05, 0.1) is 5.56 Å². The van der Waals surface area contributed by atoms with Crippen LogP contribution in [0.4, 0.5) is 0 Å². The molecular weight excluding hydrogens is 238 g/mol. The fraction of sp³-hybridized carbons (Fsp3) is 0.312. The number of hydrogen-bond donors (Lipinski definition) is 1. The fourth-order valence-corrected chi connectivity index (χ4v) is 3.27. The average Bonchev–Trinajstić information content (AvgIpc) is 2.90. The summed E-state index contributed by atoms with van der Waals surface area (Å²) in [6, 6.07) is 10.6. The largest absolute Gasteiger partial charge is 0.478 e. The van der Waals surface area contributed by atoms with E-state index in [1.54, 1.807) is 6.07 Å². The molecule has 98 valence electrons. The van der Waals surface area contributed by atoms with E-state index >= 15 is 0 Å². The van der Waals surface area contributed by atoms with Gasteiger partial charge in [0, 0.05) is 17.4 Å². The highest BCUT2D eigenvalue weighted by Gasteiger charge is 2.26. The second-order valence-corrected chi connectivity index (χ2v) is 5.29. The predicted molar refractivity (Wildman–Crippen MR) is 73.8 cm³/mol. The van der Waals surface area contributed by atoms with Crippen LogP contribution in [0.1, 0.15) is 38.9 Å².